The first-order valence-electron chi connectivity index (χ1n) is 5.79. The first-order chi connectivity index (χ1) is 8.10. The molecule has 1 aromatic rings. The summed E-state index contributed by atoms with van der Waals surface area (Å²) in [5, 5.41) is 11.4. The van der Waals surface area contributed by atoms with Crippen molar-refractivity contribution >= 4 is 23.0 Å². The van der Waals surface area contributed by atoms with Crippen molar-refractivity contribution < 1.29 is 4.92 Å². The quantitative estimate of drug-likeness (QED) is 0.573. The van der Waals surface area contributed by atoms with Crippen LogP contribution in [0.4, 0.5) is 11.4 Å². The molecule has 0 aliphatic carbocycles. The maximum absolute atomic E-state index is 11.0. The van der Waals surface area contributed by atoms with Gasteiger partial charge in [-0.05, 0) is 25.0 Å². The van der Waals surface area contributed by atoms with Gasteiger partial charge in [-0.15, -0.1) is 0 Å². The minimum absolute atomic E-state index is 0.0828. The Hall–Kier alpha value is -1.29. The van der Waals surface area contributed by atoms with Gasteiger partial charge in [-0.2, -0.15) is 0 Å². The molecule has 0 bridgehead atoms. The zero-order valence-electron chi connectivity index (χ0n) is 10.1. The maximum Gasteiger partial charge on any atom is 0.294 e. The Morgan fingerprint density at radius 3 is 2.35 bits per heavy atom. The molecule has 0 saturated heterocycles. The molecule has 0 unspecified atom stereocenters. The summed E-state index contributed by atoms with van der Waals surface area (Å²) in [6.45, 7) is 5.75. The van der Waals surface area contributed by atoms with Crippen LogP contribution < -0.4 is 4.90 Å². The van der Waals surface area contributed by atoms with E-state index in [1.165, 1.54) is 6.07 Å². The molecule has 0 fully saturated rings. The highest BCUT2D eigenvalue weighted by molar-refractivity contribution is 6.30. The molecule has 0 spiro atoms. The van der Waals surface area contributed by atoms with Crippen LogP contribution in [0.15, 0.2) is 18.2 Å². The predicted molar refractivity (Wildman–Crippen MR) is 70.9 cm³/mol. The van der Waals surface area contributed by atoms with Crippen molar-refractivity contribution in [3.8, 4) is 0 Å². The molecule has 4 nitrogen and oxygen atoms in total. The van der Waals surface area contributed by atoms with E-state index < -0.39 is 0 Å². The molecule has 0 aliphatic heterocycles. The van der Waals surface area contributed by atoms with Gasteiger partial charge in [0.1, 0.15) is 5.69 Å². The topological polar surface area (TPSA) is 46.4 Å². The fraction of sp³-hybridized carbons (Fsp3) is 0.500. The number of benzene rings is 1. The third-order valence-electron chi connectivity index (χ3n) is 2.46. The average Bonchev–Trinajstić information content (AvgIpc) is 2.28. The van der Waals surface area contributed by atoms with Gasteiger partial charge in [-0.3, -0.25) is 10.1 Å². The van der Waals surface area contributed by atoms with Crippen molar-refractivity contribution in [2.45, 2.75) is 26.7 Å². The highest BCUT2D eigenvalue weighted by atomic mass is 35.5. The fourth-order valence-electron chi connectivity index (χ4n) is 1.80. The Balaban J connectivity index is 3.12. The lowest BCUT2D eigenvalue weighted by molar-refractivity contribution is -0.384. The van der Waals surface area contributed by atoms with E-state index in [9.17, 15) is 10.1 Å². The molecule has 94 valence electrons. The molecule has 17 heavy (non-hydrogen) atoms. The van der Waals surface area contributed by atoms with Gasteiger partial charge in [0, 0.05) is 24.2 Å². The number of nitro groups is 1. The van der Waals surface area contributed by atoms with Crippen molar-refractivity contribution in [1.29, 1.82) is 0 Å². The van der Waals surface area contributed by atoms with Crippen LogP contribution in [0.5, 0.6) is 0 Å². The Bertz CT molecular complexity index is 390. The lowest BCUT2D eigenvalue weighted by Gasteiger charge is -2.23. The van der Waals surface area contributed by atoms with E-state index >= 15 is 0 Å². The smallest absolute Gasteiger partial charge is 0.294 e. The molecule has 1 rings (SSSR count). The van der Waals surface area contributed by atoms with Crippen LogP contribution in [0.3, 0.4) is 0 Å². The normalized spacial score (nSPS) is 10.3. The molecule has 0 amide bonds. The zero-order chi connectivity index (χ0) is 12.8. The Labute approximate surface area is 106 Å². The van der Waals surface area contributed by atoms with Gasteiger partial charge >= 0.3 is 0 Å². The minimum Gasteiger partial charge on any atom is -0.366 e. The van der Waals surface area contributed by atoms with Crippen LogP contribution >= 0.6 is 11.6 Å². The lowest BCUT2D eigenvalue weighted by atomic mass is 10.2. The Kier molecular flexibility index (Phi) is 5.22. The third-order valence-corrected chi connectivity index (χ3v) is 2.70. The number of nitro benzene ring substituents is 1. The third kappa shape index (κ3) is 3.60. The van der Waals surface area contributed by atoms with E-state index in [0.717, 1.165) is 25.9 Å². The van der Waals surface area contributed by atoms with Crippen molar-refractivity contribution in [2.24, 2.45) is 0 Å². The molecule has 0 heterocycles. The van der Waals surface area contributed by atoms with Crippen molar-refractivity contribution in [3.05, 3.63) is 33.3 Å². The molecule has 0 aromatic heterocycles. The molecule has 0 saturated carbocycles. The Morgan fingerprint density at radius 1 is 1.29 bits per heavy atom. The van der Waals surface area contributed by atoms with Crippen molar-refractivity contribution in [2.75, 3.05) is 18.0 Å². The van der Waals surface area contributed by atoms with Gasteiger partial charge < -0.3 is 4.90 Å². The van der Waals surface area contributed by atoms with Crippen molar-refractivity contribution in [3.63, 3.8) is 0 Å². The minimum atomic E-state index is -0.375. The zero-order valence-corrected chi connectivity index (χ0v) is 10.9. The summed E-state index contributed by atoms with van der Waals surface area (Å²) in [6.07, 6.45) is 1.92. The summed E-state index contributed by atoms with van der Waals surface area (Å²) in [7, 11) is 0. The molecule has 0 radical (unpaired) electrons. The van der Waals surface area contributed by atoms with Gasteiger partial charge in [0.2, 0.25) is 0 Å². The van der Waals surface area contributed by atoms with E-state index in [-0.39, 0.29) is 10.6 Å². The monoisotopic (exact) mass is 256 g/mol. The standard InChI is InChI=1S/C12H17ClN2O2/c1-3-7-14(8-4-2)11-6-5-10(13)9-12(11)15(16)17/h5-6,9H,3-4,7-8H2,1-2H3. The first kappa shape index (κ1) is 13.8. The van der Waals surface area contributed by atoms with Gasteiger partial charge in [-0.25, -0.2) is 0 Å². The fourth-order valence-corrected chi connectivity index (χ4v) is 1.97. The highest BCUT2D eigenvalue weighted by Crippen LogP contribution is 2.31. The molecule has 1 aromatic carbocycles. The summed E-state index contributed by atoms with van der Waals surface area (Å²) < 4.78 is 0. The van der Waals surface area contributed by atoms with E-state index in [1.807, 2.05) is 4.90 Å². The summed E-state index contributed by atoms with van der Waals surface area (Å²) in [4.78, 5) is 12.7. The predicted octanol–water partition coefficient (Wildman–Crippen LogP) is 3.87. The molecule has 0 aliphatic rings. The van der Waals surface area contributed by atoms with Crippen LogP contribution in [0, 0.1) is 10.1 Å². The molecular weight excluding hydrogens is 240 g/mol. The number of hydrogen-bond acceptors (Lipinski definition) is 3. The second-order valence-corrected chi connectivity index (χ2v) is 4.31. The van der Waals surface area contributed by atoms with E-state index in [0.29, 0.717) is 10.7 Å². The summed E-state index contributed by atoms with van der Waals surface area (Å²) in [5.74, 6) is 0. The van der Waals surface area contributed by atoms with Gasteiger partial charge in [0.15, 0.2) is 0 Å². The van der Waals surface area contributed by atoms with E-state index in [2.05, 4.69) is 13.8 Å². The summed E-state index contributed by atoms with van der Waals surface area (Å²) >= 11 is 5.80. The van der Waals surface area contributed by atoms with Crippen LogP contribution in [-0.4, -0.2) is 18.0 Å². The number of hydrogen-bond donors (Lipinski definition) is 0. The van der Waals surface area contributed by atoms with Gasteiger partial charge in [0.25, 0.3) is 5.69 Å². The van der Waals surface area contributed by atoms with Crippen LogP contribution in [0.1, 0.15) is 26.7 Å². The number of halogens is 1. The van der Waals surface area contributed by atoms with Crippen LogP contribution in [0.25, 0.3) is 0 Å². The van der Waals surface area contributed by atoms with E-state index in [4.69, 9.17) is 11.6 Å². The SMILES string of the molecule is CCCN(CCC)c1ccc(Cl)cc1[N+](=O)[O-]. The number of rotatable bonds is 6. The maximum atomic E-state index is 11.0. The molecule has 0 atom stereocenters. The second-order valence-electron chi connectivity index (χ2n) is 3.88. The van der Waals surface area contributed by atoms with Crippen LogP contribution in [0.2, 0.25) is 5.02 Å². The van der Waals surface area contributed by atoms with E-state index in [1.54, 1.807) is 12.1 Å². The van der Waals surface area contributed by atoms with Crippen LogP contribution in [-0.2, 0) is 0 Å². The first-order valence-corrected chi connectivity index (χ1v) is 6.16. The molecular formula is C12H17ClN2O2. The summed E-state index contributed by atoms with van der Waals surface area (Å²) in [6, 6.07) is 4.84. The van der Waals surface area contributed by atoms with Crippen molar-refractivity contribution in [1.82, 2.24) is 0 Å². The number of anilines is 1. The van der Waals surface area contributed by atoms with Gasteiger partial charge in [-0.1, -0.05) is 25.4 Å². The lowest BCUT2D eigenvalue weighted by Crippen LogP contribution is -2.25. The van der Waals surface area contributed by atoms with Gasteiger partial charge in [0.05, 0.1) is 4.92 Å². The largest absolute Gasteiger partial charge is 0.366 e. The second kappa shape index (κ2) is 6.45. The molecule has 0 N–H and O–H groups in total. The molecule has 5 heteroatoms. The highest BCUT2D eigenvalue weighted by Gasteiger charge is 2.18. The summed E-state index contributed by atoms with van der Waals surface area (Å²) in [5.41, 5.74) is 0.738. The number of nitrogens with zero attached hydrogens (tertiary/aromatic N) is 2. The Morgan fingerprint density at radius 2 is 1.88 bits per heavy atom. The average molecular weight is 257 g/mol.